The van der Waals surface area contributed by atoms with Gasteiger partial charge in [0.2, 0.25) is 0 Å². The fourth-order valence-electron chi connectivity index (χ4n) is 1.67. The van der Waals surface area contributed by atoms with Gasteiger partial charge in [-0.1, -0.05) is 42.5 Å². The largest absolute Gasteiger partial charge is 0.365 e. The molecule has 6 heteroatoms. The van der Waals surface area contributed by atoms with Crippen molar-refractivity contribution < 1.29 is 0 Å². The first kappa shape index (κ1) is 11.3. The fraction of sp³-hybridized carbons (Fsp3) is 0.0769. The number of hydrogen-bond acceptors (Lipinski definition) is 5. The van der Waals surface area contributed by atoms with Gasteiger partial charge >= 0.3 is 0 Å². The van der Waals surface area contributed by atoms with Gasteiger partial charge in [0.05, 0.1) is 0 Å². The number of aromatic nitrogens is 5. The molecule has 3 aromatic rings. The number of nitrogens with zero attached hydrogens (tertiary/aromatic N) is 5. The van der Waals surface area contributed by atoms with Gasteiger partial charge in [0.1, 0.15) is 5.82 Å². The number of rotatable bonds is 4. The van der Waals surface area contributed by atoms with E-state index in [4.69, 9.17) is 0 Å². The molecule has 1 aromatic carbocycles. The molecule has 6 nitrogen and oxygen atoms in total. The van der Waals surface area contributed by atoms with Crippen LogP contribution in [0.15, 0.2) is 48.5 Å². The lowest BCUT2D eigenvalue weighted by Gasteiger charge is -2.01. The highest BCUT2D eigenvalue weighted by molar-refractivity contribution is 5.50. The molecule has 3 rings (SSSR count). The third-order valence-electron chi connectivity index (χ3n) is 2.58. The number of hydrogen-bond donors (Lipinski definition) is 1. The van der Waals surface area contributed by atoms with E-state index in [9.17, 15) is 0 Å². The minimum absolute atomic E-state index is 0.630. The van der Waals surface area contributed by atoms with Crippen LogP contribution < -0.4 is 5.32 Å². The lowest BCUT2D eigenvalue weighted by Crippen LogP contribution is -2.04. The van der Waals surface area contributed by atoms with E-state index in [1.807, 2.05) is 36.4 Å². The van der Waals surface area contributed by atoms with E-state index in [1.165, 1.54) is 10.2 Å². The smallest absolute Gasteiger partial charge is 0.200 e. The maximum absolute atomic E-state index is 4.22. The molecule has 0 spiro atoms. The van der Waals surface area contributed by atoms with Crippen LogP contribution in [0.3, 0.4) is 0 Å². The van der Waals surface area contributed by atoms with Crippen LogP contribution in [0.4, 0.5) is 5.82 Å². The maximum atomic E-state index is 4.22. The second-order valence-corrected chi connectivity index (χ2v) is 3.94. The highest BCUT2D eigenvalue weighted by Crippen LogP contribution is 2.04. The van der Waals surface area contributed by atoms with E-state index in [2.05, 4.69) is 44.1 Å². The van der Waals surface area contributed by atoms with E-state index in [-0.39, 0.29) is 0 Å². The zero-order chi connectivity index (χ0) is 12.9. The van der Waals surface area contributed by atoms with Gasteiger partial charge in [-0.05, 0) is 28.1 Å². The van der Waals surface area contributed by atoms with Gasteiger partial charge in [-0.2, -0.15) is 0 Å². The highest BCUT2D eigenvalue weighted by atomic mass is 15.6. The first-order chi connectivity index (χ1) is 9.42. The number of benzene rings is 1. The maximum Gasteiger partial charge on any atom is 0.200 e. The van der Waals surface area contributed by atoms with Gasteiger partial charge in [-0.25, -0.2) is 0 Å². The summed E-state index contributed by atoms with van der Waals surface area (Å²) in [7, 11) is 0. The average molecular weight is 252 g/mol. The van der Waals surface area contributed by atoms with E-state index in [0.29, 0.717) is 12.2 Å². The molecule has 0 aliphatic heterocycles. The van der Waals surface area contributed by atoms with Gasteiger partial charge < -0.3 is 5.32 Å². The van der Waals surface area contributed by atoms with Crippen molar-refractivity contribution in [3.8, 4) is 0 Å². The lowest BCUT2D eigenvalue weighted by molar-refractivity contribution is 0.735. The third kappa shape index (κ3) is 2.74. The summed E-state index contributed by atoms with van der Waals surface area (Å²) < 4.78 is 1.39. The molecular formula is C13H12N6. The van der Waals surface area contributed by atoms with Crippen molar-refractivity contribution >= 4 is 17.5 Å². The first-order valence-corrected chi connectivity index (χ1v) is 5.93. The van der Waals surface area contributed by atoms with Crippen LogP contribution >= 0.6 is 0 Å². The Morgan fingerprint density at radius 1 is 1.11 bits per heavy atom. The van der Waals surface area contributed by atoms with E-state index in [1.54, 1.807) is 0 Å². The molecular weight excluding hydrogens is 240 g/mol. The Hall–Kier alpha value is -2.76. The molecule has 0 atom stereocenters. The van der Waals surface area contributed by atoms with Crippen molar-refractivity contribution in [2.75, 3.05) is 11.9 Å². The minimum atomic E-state index is 0.630. The average Bonchev–Trinajstić information content (AvgIpc) is 2.92. The summed E-state index contributed by atoms with van der Waals surface area (Å²) in [6.07, 6.45) is 4.10. The molecule has 0 aliphatic rings. The number of tetrazole rings is 1. The molecule has 0 aliphatic carbocycles. The molecule has 0 amide bonds. The topological polar surface area (TPSA) is 68.0 Å². The second-order valence-electron chi connectivity index (χ2n) is 3.94. The zero-order valence-corrected chi connectivity index (χ0v) is 10.1. The van der Waals surface area contributed by atoms with E-state index < -0.39 is 0 Å². The summed E-state index contributed by atoms with van der Waals surface area (Å²) in [5, 5.41) is 18.5. The van der Waals surface area contributed by atoms with Crippen LogP contribution in [0.2, 0.25) is 0 Å². The standard InChI is InChI=1S/C13H12N6/c1-2-5-11(6-3-1)7-4-10-14-12-8-9-13-15-17-18-19(13)16-12/h1-9H,10H2,(H,14,16)/b7-4+. The van der Waals surface area contributed by atoms with Crippen LogP contribution in [0, 0.1) is 0 Å². The Kier molecular flexibility index (Phi) is 3.14. The molecule has 0 unspecified atom stereocenters. The monoisotopic (exact) mass is 252 g/mol. The second kappa shape index (κ2) is 5.26. The van der Waals surface area contributed by atoms with Crippen molar-refractivity contribution in [3.05, 3.63) is 54.1 Å². The summed E-state index contributed by atoms with van der Waals surface area (Å²) >= 11 is 0. The van der Waals surface area contributed by atoms with E-state index in [0.717, 1.165) is 5.82 Å². The van der Waals surface area contributed by atoms with Gasteiger partial charge in [-0.15, -0.1) is 14.8 Å². The molecule has 2 heterocycles. The summed E-state index contributed by atoms with van der Waals surface area (Å²) in [6.45, 7) is 0.690. The minimum Gasteiger partial charge on any atom is -0.365 e. The van der Waals surface area contributed by atoms with Gasteiger partial charge in [-0.3, -0.25) is 0 Å². The van der Waals surface area contributed by atoms with Crippen molar-refractivity contribution in [2.45, 2.75) is 0 Å². The quantitative estimate of drug-likeness (QED) is 0.764. The summed E-state index contributed by atoms with van der Waals surface area (Å²) in [5.41, 5.74) is 1.80. The van der Waals surface area contributed by atoms with Crippen molar-refractivity contribution in [2.24, 2.45) is 0 Å². The predicted octanol–water partition coefficient (Wildman–Crippen LogP) is 1.64. The predicted molar refractivity (Wildman–Crippen MR) is 72.5 cm³/mol. The van der Waals surface area contributed by atoms with Crippen molar-refractivity contribution in [1.82, 2.24) is 25.3 Å². The Morgan fingerprint density at radius 2 is 2.00 bits per heavy atom. The molecule has 0 bridgehead atoms. The highest BCUT2D eigenvalue weighted by Gasteiger charge is 1.98. The van der Waals surface area contributed by atoms with Crippen LogP contribution in [0.5, 0.6) is 0 Å². The van der Waals surface area contributed by atoms with Crippen LogP contribution in [0.25, 0.3) is 11.7 Å². The summed E-state index contributed by atoms with van der Waals surface area (Å²) in [5.74, 6) is 0.734. The fourth-order valence-corrected chi connectivity index (χ4v) is 1.67. The Bertz CT molecular complexity index is 688. The molecule has 94 valence electrons. The van der Waals surface area contributed by atoms with Crippen LogP contribution in [-0.2, 0) is 0 Å². The SMILES string of the molecule is C(=C\c1ccccc1)/CNc1ccc2nnnn2n1. The molecule has 19 heavy (non-hydrogen) atoms. The molecule has 2 aromatic heterocycles. The van der Waals surface area contributed by atoms with Crippen LogP contribution in [-0.4, -0.2) is 31.8 Å². The Labute approximate surface area is 109 Å². The summed E-state index contributed by atoms with van der Waals surface area (Å²) in [6, 6.07) is 13.8. The van der Waals surface area contributed by atoms with Crippen molar-refractivity contribution in [3.63, 3.8) is 0 Å². The van der Waals surface area contributed by atoms with E-state index >= 15 is 0 Å². The molecule has 1 N–H and O–H groups in total. The molecule has 0 fully saturated rings. The number of nitrogens with one attached hydrogen (secondary N) is 1. The number of anilines is 1. The third-order valence-corrected chi connectivity index (χ3v) is 2.58. The first-order valence-electron chi connectivity index (χ1n) is 5.93. The zero-order valence-electron chi connectivity index (χ0n) is 10.1. The molecule has 0 saturated carbocycles. The Morgan fingerprint density at radius 3 is 2.89 bits per heavy atom. The summed E-state index contributed by atoms with van der Waals surface area (Å²) in [4.78, 5) is 0. The normalized spacial score (nSPS) is 11.2. The van der Waals surface area contributed by atoms with Crippen molar-refractivity contribution in [1.29, 1.82) is 0 Å². The molecule has 0 radical (unpaired) electrons. The number of fused-ring (bicyclic) bond motifs is 1. The molecule has 0 saturated heterocycles. The van der Waals surface area contributed by atoms with Crippen LogP contribution in [0.1, 0.15) is 5.56 Å². The van der Waals surface area contributed by atoms with Gasteiger partial charge in [0, 0.05) is 6.54 Å². The lowest BCUT2D eigenvalue weighted by atomic mass is 10.2. The Balaban J connectivity index is 1.61. The van der Waals surface area contributed by atoms with Gasteiger partial charge in [0.25, 0.3) is 0 Å². The van der Waals surface area contributed by atoms with Gasteiger partial charge in [0.15, 0.2) is 5.65 Å².